The Morgan fingerprint density at radius 2 is 2.00 bits per heavy atom. The summed E-state index contributed by atoms with van der Waals surface area (Å²) in [6.45, 7) is 0.370. The molecule has 0 saturated carbocycles. The van der Waals surface area contributed by atoms with Crippen LogP contribution in [0.25, 0.3) is 0 Å². The van der Waals surface area contributed by atoms with Gasteiger partial charge in [0, 0.05) is 13.1 Å². The number of carbonyl (C=O) groups is 1. The zero-order valence-electron chi connectivity index (χ0n) is 14.9. The molecule has 2 heterocycles. The smallest absolute Gasteiger partial charge is 0.315 e. The number of hydrogen-bond acceptors (Lipinski definition) is 8. The minimum atomic E-state index is -3.56. The van der Waals surface area contributed by atoms with E-state index in [4.69, 9.17) is 9.47 Å². The number of rotatable bonds is 6. The van der Waals surface area contributed by atoms with E-state index in [0.717, 1.165) is 11.3 Å². The Bertz CT molecular complexity index is 965. The Labute approximate surface area is 165 Å². The Kier molecular flexibility index (Phi) is 5.96. The van der Waals surface area contributed by atoms with Gasteiger partial charge in [-0.1, -0.05) is 6.07 Å². The van der Waals surface area contributed by atoms with Crippen LogP contribution in [-0.2, 0) is 14.8 Å². The van der Waals surface area contributed by atoms with Gasteiger partial charge in [-0.25, -0.2) is 8.42 Å². The molecular formula is C17H18N2O7S2. The molecule has 11 heteroatoms. The molecule has 0 N–H and O–H groups in total. The van der Waals surface area contributed by atoms with Crippen molar-refractivity contribution in [3.63, 3.8) is 0 Å². The molecule has 9 nitrogen and oxygen atoms in total. The van der Waals surface area contributed by atoms with E-state index < -0.39 is 26.8 Å². The van der Waals surface area contributed by atoms with E-state index in [1.54, 1.807) is 17.5 Å². The van der Waals surface area contributed by atoms with Gasteiger partial charge in [0.05, 0.1) is 24.0 Å². The second-order valence-corrected chi connectivity index (χ2v) is 9.23. The average Bonchev–Trinajstić information content (AvgIpc) is 3.24. The molecule has 0 unspecified atom stereocenters. The highest BCUT2D eigenvalue weighted by molar-refractivity contribution is 7.91. The standard InChI is InChI=1S/C17H18N2O7S2/c1-25-13-4-5-15(14(11-13)19(21)22)26-17(20)12-6-8-18(9-7-12)28(23,24)16-3-2-10-27-16/h2-5,10-12H,6-9H2,1H3. The van der Waals surface area contributed by atoms with Gasteiger partial charge in [0.25, 0.3) is 10.0 Å². The van der Waals surface area contributed by atoms with Gasteiger partial charge in [-0.3, -0.25) is 14.9 Å². The maximum absolute atomic E-state index is 12.5. The van der Waals surface area contributed by atoms with E-state index in [2.05, 4.69) is 0 Å². The van der Waals surface area contributed by atoms with Gasteiger partial charge in [0.1, 0.15) is 9.96 Å². The second kappa shape index (κ2) is 8.25. The van der Waals surface area contributed by atoms with Crippen molar-refractivity contribution in [1.29, 1.82) is 0 Å². The highest BCUT2D eigenvalue weighted by Crippen LogP contribution is 2.33. The number of nitrogens with zero attached hydrogens (tertiary/aromatic N) is 2. The lowest BCUT2D eigenvalue weighted by Gasteiger charge is -2.29. The fourth-order valence-electron chi connectivity index (χ4n) is 2.91. The van der Waals surface area contributed by atoms with Crippen LogP contribution >= 0.6 is 11.3 Å². The first kappa shape index (κ1) is 20.2. The van der Waals surface area contributed by atoms with Gasteiger partial charge in [-0.2, -0.15) is 4.31 Å². The molecule has 0 radical (unpaired) electrons. The lowest BCUT2D eigenvalue weighted by Crippen LogP contribution is -2.40. The Hall–Kier alpha value is -2.50. The fourth-order valence-corrected chi connectivity index (χ4v) is 5.53. The molecule has 1 saturated heterocycles. The highest BCUT2D eigenvalue weighted by atomic mass is 32.2. The van der Waals surface area contributed by atoms with E-state index in [1.807, 2.05) is 0 Å². The minimum Gasteiger partial charge on any atom is -0.496 e. The lowest BCUT2D eigenvalue weighted by molar-refractivity contribution is -0.385. The molecule has 0 atom stereocenters. The Morgan fingerprint density at radius 1 is 1.29 bits per heavy atom. The number of methoxy groups -OCH3 is 1. The SMILES string of the molecule is COc1ccc(OC(=O)C2CCN(S(=O)(=O)c3cccs3)CC2)c([N+](=O)[O-])c1. The van der Waals surface area contributed by atoms with Crippen molar-refractivity contribution in [3.05, 3.63) is 45.8 Å². The summed E-state index contributed by atoms with van der Waals surface area (Å²) < 4.78 is 36.9. The van der Waals surface area contributed by atoms with Crippen LogP contribution in [0.1, 0.15) is 12.8 Å². The summed E-state index contributed by atoms with van der Waals surface area (Å²) in [5.41, 5.74) is -0.370. The monoisotopic (exact) mass is 426 g/mol. The molecule has 0 aliphatic carbocycles. The molecule has 1 aromatic carbocycles. The third-order valence-electron chi connectivity index (χ3n) is 4.45. The van der Waals surface area contributed by atoms with Crippen molar-refractivity contribution in [2.24, 2.45) is 5.92 Å². The van der Waals surface area contributed by atoms with E-state index in [1.165, 1.54) is 29.6 Å². The van der Waals surface area contributed by atoms with Crippen LogP contribution in [0, 0.1) is 16.0 Å². The van der Waals surface area contributed by atoms with Crippen molar-refractivity contribution in [2.45, 2.75) is 17.1 Å². The lowest BCUT2D eigenvalue weighted by atomic mass is 9.98. The molecule has 1 fully saturated rings. The van der Waals surface area contributed by atoms with Gasteiger partial charge in [0.15, 0.2) is 0 Å². The van der Waals surface area contributed by atoms with Gasteiger partial charge in [-0.15, -0.1) is 11.3 Å². The highest BCUT2D eigenvalue weighted by Gasteiger charge is 2.34. The number of esters is 1. The van der Waals surface area contributed by atoms with Crippen LogP contribution in [0.3, 0.4) is 0 Å². The summed E-state index contributed by atoms with van der Waals surface area (Å²) in [5.74, 6) is -1.03. The summed E-state index contributed by atoms with van der Waals surface area (Å²) >= 11 is 1.14. The third-order valence-corrected chi connectivity index (χ3v) is 7.72. The molecule has 1 aromatic heterocycles. The average molecular weight is 426 g/mol. The third kappa shape index (κ3) is 4.16. The topological polar surface area (TPSA) is 116 Å². The normalized spacial score (nSPS) is 15.9. The van der Waals surface area contributed by atoms with Crippen LogP contribution in [0.15, 0.2) is 39.9 Å². The van der Waals surface area contributed by atoms with Crippen molar-refractivity contribution in [1.82, 2.24) is 4.31 Å². The van der Waals surface area contributed by atoms with Crippen LogP contribution in [0.4, 0.5) is 5.69 Å². The Morgan fingerprint density at radius 3 is 2.57 bits per heavy atom. The van der Waals surface area contributed by atoms with Gasteiger partial charge < -0.3 is 9.47 Å². The van der Waals surface area contributed by atoms with Crippen LogP contribution in [0.2, 0.25) is 0 Å². The summed E-state index contributed by atoms with van der Waals surface area (Å²) in [7, 11) is -2.18. The van der Waals surface area contributed by atoms with Crippen molar-refractivity contribution >= 4 is 33.0 Å². The summed E-state index contributed by atoms with van der Waals surface area (Å²) in [5, 5.41) is 12.9. The van der Waals surface area contributed by atoms with Crippen LogP contribution < -0.4 is 9.47 Å². The van der Waals surface area contributed by atoms with E-state index in [-0.39, 0.29) is 47.3 Å². The van der Waals surface area contributed by atoms with Gasteiger partial charge in [0.2, 0.25) is 5.75 Å². The molecule has 1 aliphatic rings. The van der Waals surface area contributed by atoms with Gasteiger partial charge >= 0.3 is 11.7 Å². The van der Waals surface area contributed by atoms with Crippen molar-refractivity contribution in [3.8, 4) is 11.5 Å². The zero-order chi connectivity index (χ0) is 20.3. The summed E-state index contributed by atoms with van der Waals surface area (Å²) in [4.78, 5) is 23.0. The molecule has 1 aliphatic heterocycles. The quantitative estimate of drug-likeness (QED) is 0.302. The maximum atomic E-state index is 12.5. The predicted molar refractivity (Wildman–Crippen MR) is 101 cm³/mol. The number of thiophene rings is 1. The van der Waals surface area contributed by atoms with Crippen LogP contribution in [0.5, 0.6) is 11.5 Å². The first-order valence-electron chi connectivity index (χ1n) is 8.40. The number of nitro groups is 1. The number of hydrogen-bond donors (Lipinski definition) is 0. The van der Waals surface area contributed by atoms with E-state index in [9.17, 15) is 23.3 Å². The largest absolute Gasteiger partial charge is 0.496 e. The second-order valence-electron chi connectivity index (χ2n) is 6.12. The molecule has 3 rings (SSSR count). The number of piperidine rings is 1. The molecule has 0 bridgehead atoms. The first-order valence-corrected chi connectivity index (χ1v) is 10.7. The summed E-state index contributed by atoms with van der Waals surface area (Å²) in [6, 6.07) is 7.17. The molecule has 2 aromatic rings. The fraction of sp³-hybridized carbons (Fsp3) is 0.353. The van der Waals surface area contributed by atoms with E-state index in [0.29, 0.717) is 0 Å². The van der Waals surface area contributed by atoms with Crippen molar-refractivity contribution in [2.75, 3.05) is 20.2 Å². The molecule has 150 valence electrons. The number of benzene rings is 1. The van der Waals surface area contributed by atoms with Crippen LogP contribution in [-0.4, -0.2) is 43.8 Å². The Balaban J connectivity index is 1.66. The molecule has 0 spiro atoms. The molecule has 0 amide bonds. The zero-order valence-corrected chi connectivity index (χ0v) is 16.6. The van der Waals surface area contributed by atoms with Crippen molar-refractivity contribution < 1.29 is 27.6 Å². The summed E-state index contributed by atoms with van der Waals surface area (Å²) in [6.07, 6.45) is 0.570. The minimum absolute atomic E-state index is 0.163. The number of ether oxygens (including phenoxy) is 2. The maximum Gasteiger partial charge on any atom is 0.315 e. The number of carbonyl (C=O) groups excluding carboxylic acids is 1. The van der Waals surface area contributed by atoms with E-state index >= 15 is 0 Å². The number of nitro benzene ring substituents is 1. The molecular weight excluding hydrogens is 408 g/mol. The first-order chi connectivity index (χ1) is 13.3. The number of sulfonamides is 1. The predicted octanol–water partition coefficient (Wildman–Crippen LogP) is 2.67. The molecule has 28 heavy (non-hydrogen) atoms. The van der Waals surface area contributed by atoms with Gasteiger partial charge in [-0.05, 0) is 36.4 Å².